The van der Waals surface area contributed by atoms with E-state index in [4.69, 9.17) is 0 Å². The van der Waals surface area contributed by atoms with Gasteiger partial charge in [0.05, 0.1) is 10.5 Å². The summed E-state index contributed by atoms with van der Waals surface area (Å²) in [7, 11) is -2.99. The van der Waals surface area contributed by atoms with E-state index in [2.05, 4.69) is 0 Å². The first kappa shape index (κ1) is 10.1. The predicted octanol–water partition coefficient (Wildman–Crippen LogP) is 1.47. The third-order valence-electron chi connectivity index (χ3n) is 3.43. The molecule has 2 aliphatic carbocycles. The second kappa shape index (κ2) is 3.65. The zero-order chi connectivity index (χ0) is 10.2. The molecule has 2 aliphatic rings. The lowest BCUT2D eigenvalue weighted by molar-refractivity contribution is -0.117. The van der Waals surface area contributed by atoms with E-state index >= 15 is 0 Å². The van der Waals surface area contributed by atoms with Crippen molar-refractivity contribution < 1.29 is 13.2 Å². The van der Waals surface area contributed by atoms with Gasteiger partial charge < -0.3 is 0 Å². The normalized spacial score (nSPS) is 30.0. The Labute approximate surface area is 84.8 Å². The minimum Gasteiger partial charge on any atom is -0.300 e. The van der Waals surface area contributed by atoms with Crippen LogP contribution in [0.25, 0.3) is 0 Å². The van der Waals surface area contributed by atoms with Crippen LogP contribution >= 0.6 is 0 Å². The molecule has 0 heterocycles. The number of rotatable bonds is 2. The molecule has 0 aliphatic heterocycles. The monoisotopic (exact) mass is 216 g/mol. The largest absolute Gasteiger partial charge is 0.300 e. The zero-order valence-electron chi connectivity index (χ0n) is 8.24. The molecule has 0 saturated heterocycles. The molecule has 0 spiro atoms. The zero-order valence-corrected chi connectivity index (χ0v) is 9.05. The van der Waals surface area contributed by atoms with Gasteiger partial charge in [-0.2, -0.15) is 0 Å². The molecule has 3 nitrogen and oxygen atoms in total. The number of ketones is 1. The molecule has 1 atom stereocenters. The molecule has 1 unspecified atom stereocenters. The minimum absolute atomic E-state index is 0.122. The molecule has 14 heavy (non-hydrogen) atoms. The highest BCUT2D eigenvalue weighted by molar-refractivity contribution is 7.92. The van der Waals surface area contributed by atoms with Gasteiger partial charge >= 0.3 is 0 Å². The van der Waals surface area contributed by atoms with Crippen molar-refractivity contribution in [1.82, 2.24) is 0 Å². The third kappa shape index (κ3) is 1.72. The summed E-state index contributed by atoms with van der Waals surface area (Å²) in [6.07, 6.45) is 5.00. The highest BCUT2D eigenvalue weighted by atomic mass is 32.2. The molecule has 4 heteroatoms. The molecule has 0 aromatic rings. The van der Waals surface area contributed by atoms with E-state index in [0.717, 1.165) is 25.7 Å². The van der Waals surface area contributed by atoms with Crippen LogP contribution < -0.4 is 0 Å². The lowest BCUT2D eigenvalue weighted by Gasteiger charge is -2.15. The first-order valence-electron chi connectivity index (χ1n) is 5.35. The van der Waals surface area contributed by atoms with Gasteiger partial charge in [-0.1, -0.05) is 12.8 Å². The quantitative estimate of drug-likeness (QED) is 0.702. The van der Waals surface area contributed by atoms with Crippen LogP contribution in [0.15, 0.2) is 0 Å². The van der Waals surface area contributed by atoms with Gasteiger partial charge in [-0.05, 0) is 19.3 Å². The Hall–Kier alpha value is -0.380. The smallest absolute Gasteiger partial charge is 0.156 e. The lowest BCUT2D eigenvalue weighted by atomic mass is 10.3. The molecule has 0 N–H and O–H groups in total. The summed E-state index contributed by atoms with van der Waals surface area (Å²) in [5.41, 5.74) is 0. The molecule has 0 bridgehead atoms. The van der Waals surface area contributed by atoms with E-state index in [1.165, 1.54) is 0 Å². The van der Waals surface area contributed by atoms with Gasteiger partial charge in [0, 0.05) is 12.8 Å². The SMILES string of the molecule is O=C1CCC(S(=O)(=O)C2CCCC2)C1. The molecule has 0 radical (unpaired) electrons. The summed E-state index contributed by atoms with van der Waals surface area (Å²) < 4.78 is 24.1. The maximum absolute atomic E-state index is 12.0. The highest BCUT2D eigenvalue weighted by Gasteiger charge is 2.39. The van der Waals surface area contributed by atoms with Gasteiger partial charge in [0.1, 0.15) is 5.78 Å². The summed E-state index contributed by atoms with van der Waals surface area (Å²) in [6.45, 7) is 0. The molecule has 0 amide bonds. The molecule has 0 aromatic carbocycles. The van der Waals surface area contributed by atoms with Crippen molar-refractivity contribution in [3.8, 4) is 0 Å². The topological polar surface area (TPSA) is 51.2 Å². The highest BCUT2D eigenvalue weighted by Crippen LogP contribution is 2.32. The van der Waals surface area contributed by atoms with Crippen LogP contribution in [0.1, 0.15) is 44.9 Å². The van der Waals surface area contributed by atoms with E-state index in [1.54, 1.807) is 0 Å². The van der Waals surface area contributed by atoms with Crippen LogP contribution in [0, 0.1) is 0 Å². The Morgan fingerprint density at radius 1 is 1.00 bits per heavy atom. The minimum atomic E-state index is -2.99. The average molecular weight is 216 g/mol. The number of carbonyl (C=O) groups is 1. The number of carbonyl (C=O) groups excluding carboxylic acids is 1. The molecule has 0 aromatic heterocycles. The summed E-state index contributed by atoms with van der Waals surface area (Å²) in [5.74, 6) is 0.122. The number of Topliss-reactive ketones (excluding diaryl/α,β-unsaturated/α-hetero) is 1. The van der Waals surface area contributed by atoms with Crippen LogP contribution in [0.4, 0.5) is 0 Å². The van der Waals surface area contributed by atoms with E-state index < -0.39 is 9.84 Å². The first-order chi connectivity index (χ1) is 6.60. The third-order valence-corrected chi connectivity index (χ3v) is 6.16. The first-order valence-corrected chi connectivity index (χ1v) is 6.96. The van der Waals surface area contributed by atoms with Crippen LogP contribution in [0.2, 0.25) is 0 Å². The van der Waals surface area contributed by atoms with Crippen molar-refractivity contribution in [2.45, 2.75) is 55.4 Å². The maximum Gasteiger partial charge on any atom is 0.156 e. The van der Waals surface area contributed by atoms with Gasteiger partial charge in [0.25, 0.3) is 0 Å². The Balaban J connectivity index is 2.11. The van der Waals surface area contributed by atoms with Crippen LogP contribution in [-0.4, -0.2) is 24.7 Å². The van der Waals surface area contributed by atoms with Gasteiger partial charge in [0.15, 0.2) is 9.84 Å². The summed E-state index contributed by atoms with van der Waals surface area (Å²) in [4.78, 5) is 11.1. The van der Waals surface area contributed by atoms with Crippen LogP contribution in [-0.2, 0) is 14.6 Å². The molecule has 2 rings (SSSR count). The number of sulfone groups is 1. The molecular weight excluding hydrogens is 200 g/mol. The standard InChI is InChI=1S/C10H16O3S/c11-8-5-6-10(7-8)14(12,13)9-3-1-2-4-9/h9-10H,1-7H2. The summed E-state index contributed by atoms with van der Waals surface area (Å²) >= 11 is 0. The Morgan fingerprint density at radius 2 is 1.64 bits per heavy atom. The van der Waals surface area contributed by atoms with Crippen LogP contribution in [0.3, 0.4) is 0 Å². The fraction of sp³-hybridized carbons (Fsp3) is 0.900. The second-order valence-corrected chi connectivity index (χ2v) is 6.91. The summed E-state index contributed by atoms with van der Waals surface area (Å²) in [5, 5.41) is -0.489. The maximum atomic E-state index is 12.0. The fourth-order valence-corrected chi connectivity index (χ4v) is 4.95. The number of hydrogen-bond donors (Lipinski definition) is 0. The Kier molecular flexibility index (Phi) is 2.64. The molecular formula is C10H16O3S. The summed E-state index contributed by atoms with van der Waals surface area (Å²) in [6, 6.07) is 0. The van der Waals surface area contributed by atoms with Gasteiger partial charge in [0.2, 0.25) is 0 Å². The number of hydrogen-bond acceptors (Lipinski definition) is 3. The predicted molar refractivity (Wildman–Crippen MR) is 53.8 cm³/mol. The van der Waals surface area contributed by atoms with E-state index in [9.17, 15) is 13.2 Å². The second-order valence-electron chi connectivity index (χ2n) is 4.40. The van der Waals surface area contributed by atoms with Crippen molar-refractivity contribution in [1.29, 1.82) is 0 Å². The average Bonchev–Trinajstić information content (AvgIpc) is 2.72. The van der Waals surface area contributed by atoms with Crippen molar-refractivity contribution in [2.75, 3.05) is 0 Å². The van der Waals surface area contributed by atoms with Gasteiger partial charge in [-0.3, -0.25) is 4.79 Å². The Morgan fingerprint density at radius 3 is 2.14 bits per heavy atom. The van der Waals surface area contributed by atoms with E-state index in [1.807, 2.05) is 0 Å². The van der Waals surface area contributed by atoms with Crippen LogP contribution in [0.5, 0.6) is 0 Å². The molecule has 2 fully saturated rings. The lowest BCUT2D eigenvalue weighted by Crippen LogP contribution is -2.28. The van der Waals surface area contributed by atoms with Crippen molar-refractivity contribution in [3.63, 3.8) is 0 Å². The molecule has 80 valence electrons. The Bertz CT molecular complexity index is 325. The van der Waals surface area contributed by atoms with E-state index in [0.29, 0.717) is 12.8 Å². The van der Waals surface area contributed by atoms with Crippen molar-refractivity contribution >= 4 is 15.6 Å². The van der Waals surface area contributed by atoms with Gasteiger partial charge in [-0.15, -0.1) is 0 Å². The van der Waals surface area contributed by atoms with Gasteiger partial charge in [-0.25, -0.2) is 8.42 Å². The fourth-order valence-electron chi connectivity index (χ4n) is 2.55. The van der Waals surface area contributed by atoms with Crippen molar-refractivity contribution in [3.05, 3.63) is 0 Å². The van der Waals surface area contributed by atoms with Crippen molar-refractivity contribution in [2.24, 2.45) is 0 Å². The van der Waals surface area contributed by atoms with E-state index in [-0.39, 0.29) is 22.7 Å². The molecule has 2 saturated carbocycles.